The third-order valence-electron chi connectivity index (χ3n) is 5.37. The molecule has 0 fully saturated rings. The lowest BCUT2D eigenvalue weighted by Crippen LogP contribution is -2.26. The molecule has 1 amide bonds. The van der Waals surface area contributed by atoms with E-state index in [4.69, 9.17) is 11.6 Å². The molecule has 2 heterocycles. The lowest BCUT2D eigenvalue weighted by atomic mass is 10.1. The maximum absolute atomic E-state index is 14.1. The maximum Gasteiger partial charge on any atom is 0.278 e. The molecule has 3 aromatic rings. The molecule has 8 heteroatoms. The van der Waals surface area contributed by atoms with Gasteiger partial charge in [0.05, 0.1) is 11.1 Å². The zero-order valence-electron chi connectivity index (χ0n) is 17.3. The van der Waals surface area contributed by atoms with Gasteiger partial charge in [0.1, 0.15) is 18.1 Å². The Balaban J connectivity index is 1.54. The van der Waals surface area contributed by atoms with E-state index in [1.165, 1.54) is 12.1 Å². The number of hydrogen-bond acceptors (Lipinski definition) is 3. The number of anilines is 1. The van der Waals surface area contributed by atoms with Crippen molar-refractivity contribution in [1.29, 1.82) is 0 Å². The zero-order valence-corrected chi connectivity index (χ0v) is 18.1. The molecule has 0 spiro atoms. The fourth-order valence-corrected chi connectivity index (χ4v) is 3.96. The van der Waals surface area contributed by atoms with Gasteiger partial charge in [0.15, 0.2) is 0 Å². The molecule has 0 unspecified atom stereocenters. The van der Waals surface area contributed by atoms with Crippen LogP contribution in [-0.4, -0.2) is 20.3 Å². The van der Waals surface area contributed by atoms with Crippen LogP contribution in [0.2, 0.25) is 5.02 Å². The molecule has 0 bridgehead atoms. The van der Waals surface area contributed by atoms with Gasteiger partial charge in [0, 0.05) is 28.8 Å². The average molecular weight is 461 g/mol. The highest BCUT2D eigenvalue weighted by molar-refractivity contribution is 6.30. The first-order chi connectivity index (χ1) is 16.0. The van der Waals surface area contributed by atoms with Gasteiger partial charge in [0.25, 0.3) is 5.56 Å². The molecule has 0 saturated heterocycles. The van der Waals surface area contributed by atoms with Crippen molar-refractivity contribution in [3.63, 3.8) is 0 Å². The Hall–Kier alpha value is -3.97. The van der Waals surface area contributed by atoms with Gasteiger partial charge in [-0.15, -0.1) is 0 Å². The second kappa shape index (κ2) is 8.52. The van der Waals surface area contributed by atoms with Crippen molar-refractivity contribution in [2.24, 2.45) is 0 Å². The minimum atomic E-state index is -0.427. The molecule has 0 atom stereocenters. The Morgan fingerprint density at radius 3 is 2.55 bits per heavy atom. The molecular formula is C25H18ClFN4O2. The molecule has 2 aliphatic heterocycles. The van der Waals surface area contributed by atoms with Gasteiger partial charge >= 0.3 is 0 Å². The van der Waals surface area contributed by atoms with E-state index in [2.05, 4.69) is 10.4 Å². The van der Waals surface area contributed by atoms with Crippen molar-refractivity contribution < 1.29 is 9.18 Å². The Morgan fingerprint density at radius 2 is 1.79 bits per heavy atom. The fraction of sp³-hybridized carbons (Fsp3) is 0.0800. The van der Waals surface area contributed by atoms with Crippen molar-refractivity contribution in [3.8, 4) is 11.3 Å². The smallest absolute Gasteiger partial charge is 0.278 e. The zero-order chi connectivity index (χ0) is 22.9. The van der Waals surface area contributed by atoms with Crippen LogP contribution >= 0.6 is 11.6 Å². The number of carbonyl (C=O) groups excluding carboxylic acids is 1. The summed E-state index contributed by atoms with van der Waals surface area (Å²) in [5.74, 6) is -0.835. The van der Waals surface area contributed by atoms with Crippen molar-refractivity contribution in [2.75, 3.05) is 5.32 Å². The summed E-state index contributed by atoms with van der Waals surface area (Å²) in [6, 6.07) is 20.8. The summed E-state index contributed by atoms with van der Waals surface area (Å²) < 4.78 is 17.1. The molecule has 0 saturated carbocycles. The van der Waals surface area contributed by atoms with Gasteiger partial charge in [-0.05, 0) is 48.0 Å². The molecule has 1 N–H and O–H groups in total. The van der Waals surface area contributed by atoms with Gasteiger partial charge in [-0.2, -0.15) is 5.10 Å². The Bertz CT molecular complexity index is 1490. The van der Waals surface area contributed by atoms with E-state index >= 15 is 0 Å². The van der Waals surface area contributed by atoms with Crippen LogP contribution in [0.5, 0.6) is 0 Å². The molecule has 2 aliphatic rings. The SMILES string of the molecule is O=C(Cn1nc2c3cc(F)ccc3n(Cc3ccccc3)cc-2c1=O)Nc1ccc(Cl)cc1. The fourth-order valence-electron chi connectivity index (χ4n) is 3.84. The highest BCUT2D eigenvalue weighted by atomic mass is 35.5. The third-order valence-corrected chi connectivity index (χ3v) is 5.62. The average Bonchev–Trinajstić information content (AvgIpc) is 3.11. The number of carbonyl (C=O) groups is 1. The summed E-state index contributed by atoms with van der Waals surface area (Å²) >= 11 is 5.87. The van der Waals surface area contributed by atoms with Gasteiger partial charge in [-0.25, -0.2) is 9.07 Å². The summed E-state index contributed by atoms with van der Waals surface area (Å²) in [7, 11) is 0. The number of nitrogens with one attached hydrogen (secondary N) is 1. The lowest BCUT2D eigenvalue weighted by molar-refractivity contribution is -0.116. The molecule has 0 radical (unpaired) electrons. The second-order valence-corrected chi connectivity index (χ2v) is 8.12. The highest BCUT2D eigenvalue weighted by Crippen LogP contribution is 2.28. The topological polar surface area (TPSA) is 68.9 Å². The van der Waals surface area contributed by atoms with Crippen LogP contribution in [0, 0.1) is 5.82 Å². The van der Waals surface area contributed by atoms with Gasteiger partial charge in [-0.3, -0.25) is 9.59 Å². The first-order valence-corrected chi connectivity index (χ1v) is 10.6. The normalized spacial score (nSPS) is 11.2. The van der Waals surface area contributed by atoms with Crippen LogP contribution in [0.15, 0.2) is 83.8 Å². The molecule has 164 valence electrons. The highest BCUT2D eigenvalue weighted by Gasteiger charge is 2.22. The number of fused-ring (bicyclic) bond motifs is 3. The van der Waals surface area contributed by atoms with Crippen LogP contribution in [0.25, 0.3) is 22.2 Å². The van der Waals surface area contributed by atoms with E-state index < -0.39 is 17.3 Å². The van der Waals surface area contributed by atoms with E-state index in [0.717, 1.165) is 15.8 Å². The van der Waals surface area contributed by atoms with Crippen LogP contribution in [0.1, 0.15) is 5.56 Å². The van der Waals surface area contributed by atoms with Crippen LogP contribution in [-0.2, 0) is 17.9 Å². The Morgan fingerprint density at radius 1 is 1.03 bits per heavy atom. The van der Waals surface area contributed by atoms with Gasteiger partial charge in [0.2, 0.25) is 5.91 Å². The van der Waals surface area contributed by atoms with Crippen molar-refractivity contribution in [2.45, 2.75) is 13.1 Å². The van der Waals surface area contributed by atoms with Crippen LogP contribution < -0.4 is 10.9 Å². The predicted octanol–water partition coefficient (Wildman–Crippen LogP) is 4.78. The van der Waals surface area contributed by atoms with Crippen molar-refractivity contribution >= 4 is 34.1 Å². The number of pyridine rings is 1. The summed E-state index contributed by atoms with van der Waals surface area (Å²) in [4.78, 5) is 25.6. The van der Waals surface area contributed by atoms with E-state index in [1.54, 1.807) is 36.5 Å². The molecular weight excluding hydrogens is 443 g/mol. The summed E-state index contributed by atoms with van der Waals surface area (Å²) in [6.45, 7) is 0.228. The largest absolute Gasteiger partial charge is 0.342 e. The molecule has 33 heavy (non-hydrogen) atoms. The minimum absolute atomic E-state index is 0.272. The third kappa shape index (κ3) is 4.23. The van der Waals surface area contributed by atoms with Gasteiger partial charge < -0.3 is 9.88 Å². The van der Waals surface area contributed by atoms with E-state index in [-0.39, 0.29) is 6.54 Å². The molecule has 5 rings (SSSR count). The molecule has 0 aliphatic carbocycles. The number of halogens is 2. The van der Waals surface area contributed by atoms with Crippen LogP contribution in [0.4, 0.5) is 10.1 Å². The number of nitrogens with zero attached hydrogens (tertiary/aromatic N) is 3. The standard InChI is InChI=1S/C25H18ClFN4O2/c26-17-6-9-19(10-7-17)28-23(32)15-31-25(33)21-14-30(13-16-4-2-1-3-5-16)22-11-8-18(27)12-20(22)24(21)29-31/h1-12,14H,13,15H2,(H,28,32). The van der Waals surface area contributed by atoms with Gasteiger partial charge in [-0.1, -0.05) is 41.9 Å². The van der Waals surface area contributed by atoms with Crippen molar-refractivity contribution in [1.82, 2.24) is 14.3 Å². The maximum atomic E-state index is 14.1. The number of aromatic nitrogens is 3. The summed E-state index contributed by atoms with van der Waals surface area (Å²) in [6.07, 6.45) is 1.71. The summed E-state index contributed by atoms with van der Waals surface area (Å²) in [5, 5.41) is 8.15. The van der Waals surface area contributed by atoms with E-state index in [9.17, 15) is 14.0 Å². The van der Waals surface area contributed by atoms with Crippen LogP contribution in [0.3, 0.4) is 0 Å². The Kier molecular flexibility index (Phi) is 5.40. The first kappa shape index (κ1) is 20.9. The number of rotatable bonds is 5. The molecule has 6 nitrogen and oxygen atoms in total. The lowest BCUT2D eigenvalue weighted by Gasteiger charge is -2.14. The van der Waals surface area contributed by atoms with E-state index in [0.29, 0.717) is 33.9 Å². The molecule has 3 aromatic carbocycles. The minimum Gasteiger partial charge on any atom is -0.342 e. The first-order valence-electron chi connectivity index (χ1n) is 10.3. The van der Waals surface area contributed by atoms with Crippen molar-refractivity contribution in [3.05, 3.63) is 106 Å². The van der Waals surface area contributed by atoms with E-state index in [1.807, 2.05) is 34.9 Å². The predicted molar refractivity (Wildman–Crippen MR) is 126 cm³/mol. The quantitative estimate of drug-likeness (QED) is 0.410. The summed E-state index contributed by atoms with van der Waals surface area (Å²) in [5.41, 5.74) is 2.60. The number of benzene rings is 3. The molecule has 0 aromatic heterocycles. The monoisotopic (exact) mass is 460 g/mol. The second-order valence-electron chi connectivity index (χ2n) is 7.68. The number of amides is 1. The number of hydrogen-bond donors (Lipinski definition) is 1. The Labute approximate surface area is 193 Å².